The van der Waals surface area contributed by atoms with Crippen LogP contribution in [0.4, 0.5) is 4.39 Å². The number of nitrogens with zero attached hydrogens (tertiary/aromatic N) is 1. The number of ether oxygens (including phenoxy) is 1. The molecule has 0 unspecified atom stereocenters. The summed E-state index contributed by atoms with van der Waals surface area (Å²) in [6.07, 6.45) is 0.485. The molecule has 0 saturated carbocycles. The Morgan fingerprint density at radius 1 is 1.00 bits per heavy atom. The maximum absolute atomic E-state index is 13.0. The molecule has 0 N–H and O–H groups in total. The second-order valence-corrected chi connectivity index (χ2v) is 5.20. The van der Waals surface area contributed by atoms with Gasteiger partial charge in [-0.15, -0.1) is 0 Å². The summed E-state index contributed by atoms with van der Waals surface area (Å²) in [6.45, 7) is 3.95. The minimum Gasteiger partial charge on any atom is -0.491 e. The van der Waals surface area contributed by atoms with E-state index < -0.39 is 0 Å². The summed E-state index contributed by atoms with van der Waals surface area (Å²) in [4.78, 5) is 0. The molecule has 0 heterocycles. The zero-order valence-electron chi connectivity index (χ0n) is 12.2. The van der Waals surface area contributed by atoms with Gasteiger partial charge in [0, 0.05) is 12.3 Å². The van der Waals surface area contributed by atoms with Crippen LogP contribution in [0.15, 0.2) is 48.5 Å². The molecular weight excluding hydrogens is 265 g/mol. The highest BCUT2D eigenvalue weighted by atomic mass is 19.1. The average molecular weight is 283 g/mol. The number of halogens is 1. The van der Waals surface area contributed by atoms with Gasteiger partial charge in [0.15, 0.2) is 0 Å². The van der Waals surface area contributed by atoms with Gasteiger partial charge < -0.3 is 4.74 Å². The van der Waals surface area contributed by atoms with Crippen molar-refractivity contribution in [1.29, 1.82) is 5.26 Å². The fourth-order valence-corrected chi connectivity index (χ4v) is 2.27. The molecule has 0 bridgehead atoms. The lowest BCUT2D eigenvalue weighted by Gasteiger charge is -2.16. The van der Waals surface area contributed by atoms with Gasteiger partial charge in [-0.05, 0) is 49.2 Å². The molecule has 1 atom stereocenters. The third-order valence-electron chi connectivity index (χ3n) is 3.22. The Labute approximate surface area is 124 Å². The number of hydrogen-bond acceptors (Lipinski definition) is 2. The molecule has 2 aromatic rings. The average Bonchev–Trinajstić information content (AvgIpc) is 2.46. The van der Waals surface area contributed by atoms with Crippen LogP contribution in [0.2, 0.25) is 0 Å². The Bertz CT molecular complexity index is 611. The number of hydrogen-bond donors (Lipinski definition) is 0. The van der Waals surface area contributed by atoms with E-state index >= 15 is 0 Å². The van der Waals surface area contributed by atoms with Crippen molar-refractivity contribution >= 4 is 0 Å². The van der Waals surface area contributed by atoms with Crippen LogP contribution >= 0.6 is 0 Å². The summed E-state index contributed by atoms with van der Waals surface area (Å²) in [5, 5.41) is 9.04. The summed E-state index contributed by atoms with van der Waals surface area (Å²) in [5.74, 6) is 0.488. The Morgan fingerprint density at radius 2 is 1.52 bits per heavy atom. The molecule has 0 spiro atoms. The Morgan fingerprint density at radius 3 is 2.00 bits per heavy atom. The van der Waals surface area contributed by atoms with Crippen LogP contribution in [0, 0.1) is 17.1 Å². The standard InChI is InChI=1S/C18H18FNO/c1-13(2)21-17-9-5-15(6-10-17)18(11-12-20)14-3-7-16(19)8-4-14/h3-10,13,18H,11H2,1-2H3/t18-/m1/s1. The molecule has 2 rings (SSSR count). The first-order valence-electron chi connectivity index (χ1n) is 6.99. The lowest BCUT2D eigenvalue weighted by molar-refractivity contribution is 0.242. The van der Waals surface area contributed by atoms with Crippen LogP contribution in [-0.4, -0.2) is 6.10 Å². The molecule has 0 radical (unpaired) electrons. The van der Waals surface area contributed by atoms with Crippen molar-refractivity contribution in [2.24, 2.45) is 0 Å². The van der Waals surface area contributed by atoms with Crippen molar-refractivity contribution in [3.05, 3.63) is 65.5 Å². The van der Waals surface area contributed by atoms with Gasteiger partial charge in [-0.1, -0.05) is 24.3 Å². The first kappa shape index (κ1) is 15.1. The predicted molar refractivity (Wildman–Crippen MR) is 80.7 cm³/mol. The van der Waals surface area contributed by atoms with Crippen LogP contribution < -0.4 is 4.74 Å². The first-order valence-corrected chi connectivity index (χ1v) is 6.99. The summed E-state index contributed by atoms with van der Waals surface area (Å²) < 4.78 is 18.6. The lowest BCUT2D eigenvalue weighted by Crippen LogP contribution is -2.06. The van der Waals surface area contributed by atoms with Gasteiger partial charge in [0.05, 0.1) is 12.2 Å². The van der Waals surface area contributed by atoms with E-state index in [0.717, 1.165) is 16.9 Å². The minimum absolute atomic E-state index is 0.0521. The van der Waals surface area contributed by atoms with Crippen LogP contribution in [0.3, 0.4) is 0 Å². The fraction of sp³-hybridized carbons (Fsp3) is 0.278. The van der Waals surface area contributed by atoms with Crippen molar-refractivity contribution < 1.29 is 9.13 Å². The number of nitriles is 1. The van der Waals surface area contributed by atoms with E-state index in [9.17, 15) is 4.39 Å². The van der Waals surface area contributed by atoms with Crippen LogP contribution in [0.5, 0.6) is 5.75 Å². The van der Waals surface area contributed by atoms with Crippen molar-refractivity contribution in [2.45, 2.75) is 32.3 Å². The molecule has 0 aliphatic rings. The van der Waals surface area contributed by atoms with Crippen molar-refractivity contribution in [1.82, 2.24) is 0 Å². The summed E-state index contributed by atoms with van der Waals surface area (Å²) in [6, 6.07) is 16.3. The molecule has 2 nitrogen and oxygen atoms in total. The largest absolute Gasteiger partial charge is 0.491 e. The topological polar surface area (TPSA) is 33.0 Å². The Balaban J connectivity index is 2.26. The smallest absolute Gasteiger partial charge is 0.123 e. The Hall–Kier alpha value is -2.34. The van der Waals surface area contributed by atoms with Crippen molar-refractivity contribution in [3.63, 3.8) is 0 Å². The number of benzene rings is 2. The third-order valence-corrected chi connectivity index (χ3v) is 3.22. The molecule has 0 saturated heterocycles. The van der Waals surface area contributed by atoms with Gasteiger partial charge in [0.2, 0.25) is 0 Å². The van der Waals surface area contributed by atoms with E-state index in [1.54, 1.807) is 12.1 Å². The van der Waals surface area contributed by atoms with E-state index in [0.29, 0.717) is 6.42 Å². The molecule has 0 aliphatic heterocycles. The van der Waals surface area contributed by atoms with Gasteiger partial charge in [0.25, 0.3) is 0 Å². The van der Waals surface area contributed by atoms with Crippen LogP contribution in [0.25, 0.3) is 0 Å². The highest BCUT2D eigenvalue weighted by Crippen LogP contribution is 2.29. The highest BCUT2D eigenvalue weighted by molar-refractivity contribution is 5.37. The highest BCUT2D eigenvalue weighted by Gasteiger charge is 2.14. The molecule has 3 heteroatoms. The monoisotopic (exact) mass is 283 g/mol. The minimum atomic E-state index is -0.268. The van der Waals surface area contributed by atoms with Gasteiger partial charge in [-0.2, -0.15) is 5.26 Å². The molecule has 0 fully saturated rings. The summed E-state index contributed by atoms with van der Waals surface area (Å²) >= 11 is 0. The van der Waals surface area contributed by atoms with Crippen LogP contribution in [-0.2, 0) is 0 Å². The second kappa shape index (κ2) is 6.90. The molecule has 21 heavy (non-hydrogen) atoms. The van der Waals surface area contributed by atoms with E-state index in [-0.39, 0.29) is 17.8 Å². The second-order valence-electron chi connectivity index (χ2n) is 5.20. The predicted octanol–water partition coefficient (Wildman–Crippen LogP) is 4.66. The number of rotatable bonds is 5. The SMILES string of the molecule is CC(C)Oc1ccc([C@H](CC#N)c2ccc(F)cc2)cc1. The van der Waals surface area contributed by atoms with Crippen molar-refractivity contribution in [3.8, 4) is 11.8 Å². The third kappa shape index (κ3) is 4.06. The van der Waals surface area contributed by atoms with E-state index in [4.69, 9.17) is 10.00 Å². The van der Waals surface area contributed by atoms with Gasteiger partial charge in [-0.25, -0.2) is 4.39 Å². The zero-order chi connectivity index (χ0) is 15.2. The van der Waals surface area contributed by atoms with E-state index in [2.05, 4.69) is 6.07 Å². The first-order chi connectivity index (χ1) is 10.1. The van der Waals surface area contributed by atoms with E-state index in [1.807, 2.05) is 38.1 Å². The maximum Gasteiger partial charge on any atom is 0.123 e. The van der Waals surface area contributed by atoms with Gasteiger partial charge in [0.1, 0.15) is 11.6 Å². The van der Waals surface area contributed by atoms with E-state index in [1.165, 1.54) is 12.1 Å². The molecule has 2 aromatic carbocycles. The summed E-state index contributed by atoms with van der Waals surface area (Å²) in [5.41, 5.74) is 1.97. The molecule has 0 amide bonds. The maximum atomic E-state index is 13.0. The quantitative estimate of drug-likeness (QED) is 0.799. The summed E-state index contributed by atoms with van der Waals surface area (Å²) in [7, 11) is 0. The van der Waals surface area contributed by atoms with Gasteiger partial charge >= 0.3 is 0 Å². The molecule has 0 aromatic heterocycles. The molecular formula is C18H18FNO. The lowest BCUT2D eigenvalue weighted by atomic mass is 9.89. The molecule has 108 valence electrons. The Kier molecular flexibility index (Phi) is 4.94. The molecule has 0 aliphatic carbocycles. The van der Waals surface area contributed by atoms with Gasteiger partial charge in [-0.3, -0.25) is 0 Å². The normalized spacial score (nSPS) is 12.0. The van der Waals surface area contributed by atoms with Crippen LogP contribution in [0.1, 0.15) is 37.3 Å². The zero-order valence-corrected chi connectivity index (χ0v) is 12.2. The van der Waals surface area contributed by atoms with Crippen molar-refractivity contribution in [2.75, 3.05) is 0 Å². The fourth-order valence-electron chi connectivity index (χ4n) is 2.27.